The Bertz CT molecular complexity index is 303. The van der Waals surface area contributed by atoms with E-state index in [1.54, 1.807) is 12.1 Å². The zero-order chi connectivity index (χ0) is 8.43. The first-order valence-corrected chi connectivity index (χ1v) is 3.75. The van der Waals surface area contributed by atoms with E-state index in [1.807, 2.05) is 0 Å². The second kappa shape index (κ2) is 4.33. The van der Waals surface area contributed by atoms with Crippen LogP contribution in [0.25, 0.3) is 0 Å². The number of primary amides is 1. The second-order valence-corrected chi connectivity index (χ2v) is 2.96. The highest BCUT2D eigenvalue weighted by atomic mass is 79.9. The number of carbonyl (C=O) groups is 1. The first-order chi connectivity index (χ1) is 5.11. The van der Waals surface area contributed by atoms with Crippen LogP contribution in [0.1, 0.15) is 10.4 Å². The number of hydrogen-bond acceptors (Lipinski definition) is 2. The Kier molecular flexibility index (Phi) is 4.06. The monoisotopic (exact) mass is 250 g/mol. The molecule has 0 aromatic heterocycles. The van der Waals surface area contributed by atoms with Gasteiger partial charge in [-0.15, -0.1) is 12.4 Å². The fourth-order valence-electron chi connectivity index (χ4n) is 0.732. The molecule has 0 bridgehead atoms. The van der Waals surface area contributed by atoms with Crippen LogP contribution in [0.5, 0.6) is 0 Å². The number of carbonyl (C=O) groups excluding carboxylic acids is 1. The predicted octanol–water partition coefficient (Wildman–Crippen LogP) is 1.55. The van der Waals surface area contributed by atoms with Crippen molar-refractivity contribution in [1.82, 2.24) is 0 Å². The summed E-state index contributed by atoms with van der Waals surface area (Å²) < 4.78 is 0.666. The van der Waals surface area contributed by atoms with Crippen molar-refractivity contribution in [1.29, 1.82) is 0 Å². The molecule has 0 heterocycles. The van der Waals surface area contributed by atoms with Gasteiger partial charge in [0, 0.05) is 10.2 Å². The van der Waals surface area contributed by atoms with Crippen LogP contribution in [0.15, 0.2) is 22.7 Å². The summed E-state index contributed by atoms with van der Waals surface area (Å²) in [6.07, 6.45) is 0. The van der Waals surface area contributed by atoms with Gasteiger partial charge >= 0.3 is 0 Å². The van der Waals surface area contributed by atoms with E-state index >= 15 is 0 Å². The highest BCUT2D eigenvalue weighted by molar-refractivity contribution is 9.10. The van der Waals surface area contributed by atoms with Crippen LogP contribution < -0.4 is 11.5 Å². The molecule has 0 atom stereocenters. The van der Waals surface area contributed by atoms with Crippen LogP contribution in [0.2, 0.25) is 0 Å². The Morgan fingerprint density at radius 1 is 1.42 bits per heavy atom. The molecule has 0 aliphatic rings. The average molecular weight is 252 g/mol. The molecule has 0 unspecified atom stereocenters. The minimum Gasteiger partial charge on any atom is -0.399 e. The van der Waals surface area contributed by atoms with Gasteiger partial charge in [0.05, 0.1) is 5.56 Å². The molecule has 1 amide bonds. The van der Waals surface area contributed by atoms with Gasteiger partial charge in [0.1, 0.15) is 0 Å². The molecule has 1 aromatic rings. The van der Waals surface area contributed by atoms with Gasteiger partial charge in [0.25, 0.3) is 0 Å². The number of halogens is 2. The first kappa shape index (κ1) is 11.3. The number of amides is 1. The summed E-state index contributed by atoms with van der Waals surface area (Å²) in [6.45, 7) is 0. The number of rotatable bonds is 1. The van der Waals surface area contributed by atoms with E-state index in [2.05, 4.69) is 15.9 Å². The summed E-state index contributed by atoms with van der Waals surface area (Å²) in [5.74, 6) is -0.482. The van der Waals surface area contributed by atoms with Gasteiger partial charge < -0.3 is 11.5 Å². The molecule has 0 radical (unpaired) electrons. The zero-order valence-electron chi connectivity index (χ0n) is 6.08. The van der Waals surface area contributed by atoms with Crippen molar-refractivity contribution in [3.63, 3.8) is 0 Å². The molecule has 0 aliphatic heterocycles. The van der Waals surface area contributed by atoms with E-state index in [0.717, 1.165) is 0 Å². The lowest BCUT2D eigenvalue weighted by molar-refractivity contribution is 0.0999. The van der Waals surface area contributed by atoms with E-state index in [4.69, 9.17) is 11.5 Å². The van der Waals surface area contributed by atoms with Gasteiger partial charge in [-0.2, -0.15) is 0 Å². The van der Waals surface area contributed by atoms with Gasteiger partial charge in [0.2, 0.25) is 5.91 Å². The van der Waals surface area contributed by atoms with Gasteiger partial charge in [-0.05, 0) is 34.1 Å². The second-order valence-electron chi connectivity index (χ2n) is 2.10. The quantitative estimate of drug-likeness (QED) is 0.744. The summed E-state index contributed by atoms with van der Waals surface area (Å²) in [5, 5.41) is 0. The molecule has 0 saturated carbocycles. The fraction of sp³-hybridized carbons (Fsp3) is 0. The van der Waals surface area contributed by atoms with Crippen molar-refractivity contribution < 1.29 is 4.79 Å². The summed E-state index contributed by atoms with van der Waals surface area (Å²) in [6, 6.07) is 4.92. The molecule has 0 fully saturated rings. The third kappa shape index (κ3) is 2.39. The zero-order valence-corrected chi connectivity index (χ0v) is 8.48. The third-order valence-corrected chi connectivity index (χ3v) is 1.95. The van der Waals surface area contributed by atoms with E-state index in [9.17, 15) is 4.79 Å². The van der Waals surface area contributed by atoms with Crippen molar-refractivity contribution in [2.75, 3.05) is 5.73 Å². The van der Waals surface area contributed by atoms with E-state index < -0.39 is 5.91 Å². The Hall–Kier alpha value is -0.740. The van der Waals surface area contributed by atoms with Gasteiger partial charge in [0.15, 0.2) is 0 Å². The van der Waals surface area contributed by atoms with Crippen molar-refractivity contribution in [3.05, 3.63) is 28.2 Å². The van der Waals surface area contributed by atoms with E-state index in [0.29, 0.717) is 15.7 Å². The minimum atomic E-state index is -0.482. The summed E-state index contributed by atoms with van der Waals surface area (Å²) >= 11 is 3.17. The number of anilines is 1. The largest absolute Gasteiger partial charge is 0.399 e. The first-order valence-electron chi connectivity index (χ1n) is 2.96. The normalized spacial score (nSPS) is 8.75. The SMILES string of the molecule is Cl.NC(=O)c1cc(N)ccc1Br. The molecule has 12 heavy (non-hydrogen) atoms. The van der Waals surface area contributed by atoms with Crippen LogP contribution in [0.4, 0.5) is 5.69 Å². The van der Waals surface area contributed by atoms with Crippen LogP contribution in [-0.4, -0.2) is 5.91 Å². The fourth-order valence-corrected chi connectivity index (χ4v) is 1.17. The Morgan fingerprint density at radius 2 is 2.00 bits per heavy atom. The van der Waals surface area contributed by atoms with Crippen molar-refractivity contribution in [2.45, 2.75) is 0 Å². The molecule has 0 saturated heterocycles. The Balaban J connectivity index is 0.00000121. The third-order valence-electron chi connectivity index (χ3n) is 1.26. The van der Waals surface area contributed by atoms with Crippen LogP contribution in [0, 0.1) is 0 Å². The van der Waals surface area contributed by atoms with Gasteiger partial charge in [-0.1, -0.05) is 0 Å². The van der Waals surface area contributed by atoms with Crippen LogP contribution in [0.3, 0.4) is 0 Å². The smallest absolute Gasteiger partial charge is 0.249 e. The standard InChI is InChI=1S/C7H7BrN2O.ClH/c8-6-2-1-4(9)3-5(6)7(10)11;/h1-3H,9H2,(H2,10,11);1H. The number of hydrogen-bond donors (Lipinski definition) is 2. The number of nitrogen functional groups attached to an aromatic ring is 1. The van der Waals surface area contributed by atoms with Gasteiger partial charge in [-0.3, -0.25) is 4.79 Å². The molecule has 1 rings (SSSR count). The van der Waals surface area contributed by atoms with Crippen molar-refractivity contribution in [3.8, 4) is 0 Å². The highest BCUT2D eigenvalue weighted by Gasteiger charge is 2.04. The van der Waals surface area contributed by atoms with Crippen LogP contribution in [-0.2, 0) is 0 Å². The van der Waals surface area contributed by atoms with Gasteiger partial charge in [-0.25, -0.2) is 0 Å². The maximum atomic E-state index is 10.7. The molecule has 4 N–H and O–H groups in total. The Morgan fingerprint density at radius 3 is 2.42 bits per heavy atom. The minimum absolute atomic E-state index is 0. The molecular formula is C7H8BrClN2O. The molecule has 0 aliphatic carbocycles. The topological polar surface area (TPSA) is 69.1 Å². The molecular weight excluding hydrogens is 243 g/mol. The van der Waals surface area contributed by atoms with Crippen molar-refractivity contribution in [2.24, 2.45) is 5.73 Å². The summed E-state index contributed by atoms with van der Waals surface area (Å²) in [4.78, 5) is 10.7. The Labute approximate surface area is 84.7 Å². The summed E-state index contributed by atoms with van der Waals surface area (Å²) in [5.41, 5.74) is 11.4. The maximum absolute atomic E-state index is 10.7. The highest BCUT2D eigenvalue weighted by Crippen LogP contribution is 2.18. The number of nitrogens with two attached hydrogens (primary N) is 2. The molecule has 1 aromatic carbocycles. The van der Waals surface area contributed by atoms with E-state index in [-0.39, 0.29) is 12.4 Å². The lowest BCUT2D eigenvalue weighted by atomic mass is 10.2. The molecule has 66 valence electrons. The lowest BCUT2D eigenvalue weighted by Gasteiger charge is -1.99. The average Bonchev–Trinajstić information content (AvgIpc) is 1.94. The summed E-state index contributed by atoms with van der Waals surface area (Å²) in [7, 11) is 0. The molecule has 3 nitrogen and oxygen atoms in total. The van der Waals surface area contributed by atoms with Crippen molar-refractivity contribution >= 4 is 39.9 Å². The van der Waals surface area contributed by atoms with Crippen LogP contribution >= 0.6 is 28.3 Å². The van der Waals surface area contributed by atoms with E-state index in [1.165, 1.54) is 6.07 Å². The lowest BCUT2D eigenvalue weighted by Crippen LogP contribution is -2.11. The number of benzene rings is 1. The molecule has 0 spiro atoms. The predicted molar refractivity (Wildman–Crippen MR) is 54.3 cm³/mol. The maximum Gasteiger partial charge on any atom is 0.249 e. The molecule has 5 heteroatoms.